The molecule has 0 bridgehead atoms. The van der Waals surface area contributed by atoms with Crippen LogP contribution in [0.1, 0.15) is 13.8 Å². The van der Waals surface area contributed by atoms with Crippen molar-refractivity contribution in [3.63, 3.8) is 0 Å². The van der Waals surface area contributed by atoms with Crippen molar-refractivity contribution >= 4 is 35.3 Å². The lowest BCUT2D eigenvalue weighted by atomic mass is 10.2. The number of carbonyl (C=O) groups is 1. The monoisotopic (exact) mass is 364 g/mol. The summed E-state index contributed by atoms with van der Waals surface area (Å²) >= 11 is 1.11. The van der Waals surface area contributed by atoms with E-state index >= 15 is 0 Å². The van der Waals surface area contributed by atoms with Gasteiger partial charge in [0.05, 0.1) is 19.0 Å². The molecule has 0 spiro atoms. The van der Waals surface area contributed by atoms with Gasteiger partial charge >= 0.3 is 0 Å². The van der Waals surface area contributed by atoms with E-state index in [2.05, 4.69) is 20.3 Å². The molecule has 0 aliphatic rings. The Morgan fingerprint density at radius 2 is 1.72 bits per heavy atom. The number of amides is 1. The van der Waals surface area contributed by atoms with Crippen molar-refractivity contribution in [3.05, 3.63) is 18.2 Å². The van der Waals surface area contributed by atoms with Gasteiger partial charge in [0.1, 0.15) is 0 Å². The standard InChI is InChI=1S/C15H20N6O3S/c1-3-23-10-6-5-9(7-11(10)24-4-2)18-12(22)8-25-15-20-13(16)19-14(17)21-15/h5-7H,3-4,8H2,1-2H3,(H,18,22)(H4,16,17,19,20,21). The average molecular weight is 364 g/mol. The van der Waals surface area contributed by atoms with Crippen molar-refractivity contribution in [2.24, 2.45) is 0 Å². The minimum Gasteiger partial charge on any atom is -0.490 e. The Morgan fingerprint density at radius 3 is 2.36 bits per heavy atom. The Kier molecular flexibility index (Phi) is 6.63. The van der Waals surface area contributed by atoms with E-state index < -0.39 is 0 Å². The van der Waals surface area contributed by atoms with Crippen molar-refractivity contribution in [1.29, 1.82) is 0 Å². The number of ether oxygens (including phenoxy) is 2. The second kappa shape index (κ2) is 8.92. The predicted molar refractivity (Wildman–Crippen MR) is 96.8 cm³/mol. The fourth-order valence-electron chi connectivity index (χ4n) is 1.91. The molecule has 2 aromatic rings. The maximum absolute atomic E-state index is 12.1. The van der Waals surface area contributed by atoms with E-state index in [1.54, 1.807) is 18.2 Å². The van der Waals surface area contributed by atoms with Crippen LogP contribution in [0.2, 0.25) is 0 Å². The number of nitrogen functional groups attached to an aromatic ring is 2. The molecule has 0 atom stereocenters. The molecule has 1 amide bonds. The van der Waals surface area contributed by atoms with Crippen LogP contribution < -0.4 is 26.3 Å². The summed E-state index contributed by atoms with van der Waals surface area (Å²) in [5.74, 6) is 1.11. The van der Waals surface area contributed by atoms with Gasteiger partial charge in [0.2, 0.25) is 17.8 Å². The molecule has 1 aromatic heterocycles. The number of hydrogen-bond donors (Lipinski definition) is 3. The van der Waals surface area contributed by atoms with E-state index in [9.17, 15) is 4.79 Å². The molecule has 0 radical (unpaired) electrons. The van der Waals surface area contributed by atoms with Crippen LogP contribution in [-0.2, 0) is 4.79 Å². The summed E-state index contributed by atoms with van der Waals surface area (Å²) in [6.45, 7) is 4.79. The van der Waals surface area contributed by atoms with Gasteiger partial charge in [-0.15, -0.1) is 0 Å². The number of nitrogens with zero attached hydrogens (tertiary/aromatic N) is 3. The molecule has 2 rings (SSSR count). The average Bonchev–Trinajstić information content (AvgIpc) is 2.55. The number of nitrogens with one attached hydrogen (secondary N) is 1. The highest BCUT2D eigenvalue weighted by atomic mass is 32.2. The van der Waals surface area contributed by atoms with Gasteiger partial charge in [-0.2, -0.15) is 15.0 Å². The van der Waals surface area contributed by atoms with Crippen LogP contribution in [0.15, 0.2) is 23.4 Å². The zero-order valence-corrected chi connectivity index (χ0v) is 14.8. The maximum Gasteiger partial charge on any atom is 0.234 e. The highest BCUT2D eigenvalue weighted by molar-refractivity contribution is 7.99. The third kappa shape index (κ3) is 5.68. The molecule has 0 fully saturated rings. The smallest absolute Gasteiger partial charge is 0.234 e. The molecule has 0 aliphatic heterocycles. The normalized spacial score (nSPS) is 10.3. The third-order valence-corrected chi connectivity index (χ3v) is 3.66. The van der Waals surface area contributed by atoms with E-state index in [4.69, 9.17) is 20.9 Å². The molecule has 134 valence electrons. The summed E-state index contributed by atoms with van der Waals surface area (Å²) in [5.41, 5.74) is 11.6. The lowest BCUT2D eigenvalue weighted by Crippen LogP contribution is -2.15. The summed E-state index contributed by atoms with van der Waals surface area (Å²) in [6.07, 6.45) is 0. The van der Waals surface area contributed by atoms with Crippen molar-refractivity contribution in [3.8, 4) is 11.5 Å². The molecule has 0 aliphatic carbocycles. The van der Waals surface area contributed by atoms with Crippen LogP contribution in [0.5, 0.6) is 11.5 Å². The van der Waals surface area contributed by atoms with Crippen LogP contribution in [-0.4, -0.2) is 39.8 Å². The SMILES string of the molecule is CCOc1ccc(NC(=O)CSc2nc(N)nc(N)n2)cc1OCC. The number of rotatable bonds is 8. The predicted octanol–water partition coefficient (Wildman–Crippen LogP) is 1.56. The molecule has 25 heavy (non-hydrogen) atoms. The van der Waals surface area contributed by atoms with Crippen LogP contribution >= 0.6 is 11.8 Å². The van der Waals surface area contributed by atoms with Gasteiger partial charge < -0.3 is 26.3 Å². The molecule has 0 saturated heterocycles. The number of anilines is 3. The number of aromatic nitrogens is 3. The maximum atomic E-state index is 12.1. The zero-order valence-electron chi connectivity index (χ0n) is 14.0. The van der Waals surface area contributed by atoms with Crippen molar-refractivity contribution in [2.75, 3.05) is 35.8 Å². The first-order chi connectivity index (χ1) is 12.0. The quantitative estimate of drug-likeness (QED) is 0.595. The van der Waals surface area contributed by atoms with Gasteiger partial charge in [0.15, 0.2) is 16.7 Å². The van der Waals surface area contributed by atoms with Gasteiger partial charge in [-0.3, -0.25) is 4.79 Å². The molecule has 1 heterocycles. The number of carbonyl (C=O) groups excluding carboxylic acids is 1. The lowest BCUT2D eigenvalue weighted by molar-refractivity contribution is -0.113. The Balaban J connectivity index is 1.98. The molecular weight excluding hydrogens is 344 g/mol. The van der Waals surface area contributed by atoms with Crippen molar-refractivity contribution in [2.45, 2.75) is 19.0 Å². The van der Waals surface area contributed by atoms with Crippen LogP contribution in [0.3, 0.4) is 0 Å². The Hall–Kier alpha value is -2.75. The molecule has 1 aromatic carbocycles. The second-order valence-electron chi connectivity index (χ2n) is 4.70. The molecule has 5 N–H and O–H groups in total. The minimum absolute atomic E-state index is 0.0169. The van der Waals surface area contributed by atoms with Crippen molar-refractivity contribution < 1.29 is 14.3 Å². The Labute approximate surface area is 149 Å². The Morgan fingerprint density at radius 1 is 1.08 bits per heavy atom. The first-order valence-corrected chi connectivity index (χ1v) is 8.59. The summed E-state index contributed by atoms with van der Waals surface area (Å²) < 4.78 is 11.0. The molecule has 0 unspecified atom stereocenters. The van der Waals surface area contributed by atoms with Gasteiger partial charge in [0, 0.05) is 11.8 Å². The fourth-order valence-corrected chi connectivity index (χ4v) is 2.56. The molecule has 10 heteroatoms. The molecule has 0 saturated carbocycles. The lowest BCUT2D eigenvalue weighted by Gasteiger charge is -2.13. The van der Waals surface area contributed by atoms with E-state index in [-0.39, 0.29) is 23.6 Å². The van der Waals surface area contributed by atoms with E-state index in [1.807, 2.05) is 13.8 Å². The van der Waals surface area contributed by atoms with Gasteiger partial charge in [-0.25, -0.2) is 0 Å². The third-order valence-electron chi connectivity index (χ3n) is 2.81. The number of thioether (sulfide) groups is 1. The van der Waals surface area contributed by atoms with Crippen molar-refractivity contribution in [1.82, 2.24) is 15.0 Å². The Bertz CT molecular complexity index is 723. The minimum atomic E-state index is -0.228. The summed E-state index contributed by atoms with van der Waals surface area (Å²) in [5, 5.41) is 3.07. The second-order valence-corrected chi connectivity index (χ2v) is 5.64. The first-order valence-electron chi connectivity index (χ1n) is 7.61. The number of hydrogen-bond acceptors (Lipinski definition) is 9. The number of nitrogens with two attached hydrogens (primary N) is 2. The molecular formula is C15H20N6O3S. The van der Waals surface area contributed by atoms with E-state index in [0.717, 1.165) is 11.8 Å². The van der Waals surface area contributed by atoms with E-state index in [0.29, 0.717) is 35.6 Å². The number of benzene rings is 1. The van der Waals surface area contributed by atoms with Crippen LogP contribution in [0.25, 0.3) is 0 Å². The van der Waals surface area contributed by atoms with Gasteiger partial charge in [-0.05, 0) is 26.0 Å². The first kappa shape index (κ1) is 18.6. The van der Waals surface area contributed by atoms with Gasteiger partial charge in [0.25, 0.3) is 0 Å². The largest absolute Gasteiger partial charge is 0.490 e. The van der Waals surface area contributed by atoms with E-state index in [1.165, 1.54) is 0 Å². The summed E-state index contributed by atoms with van der Waals surface area (Å²) in [6, 6.07) is 5.22. The summed E-state index contributed by atoms with van der Waals surface area (Å²) in [4.78, 5) is 23.6. The fraction of sp³-hybridized carbons (Fsp3) is 0.333. The molecule has 9 nitrogen and oxygen atoms in total. The topological polar surface area (TPSA) is 138 Å². The zero-order chi connectivity index (χ0) is 18.2. The van der Waals surface area contributed by atoms with Gasteiger partial charge in [-0.1, -0.05) is 11.8 Å². The van der Waals surface area contributed by atoms with Crippen LogP contribution in [0.4, 0.5) is 17.6 Å². The highest BCUT2D eigenvalue weighted by Crippen LogP contribution is 2.30. The summed E-state index contributed by atoms with van der Waals surface area (Å²) in [7, 11) is 0. The van der Waals surface area contributed by atoms with Crippen LogP contribution in [0, 0.1) is 0 Å². The highest BCUT2D eigenvalue weighted by Gasteiger charge is 2.10.